The van der Waals surface area contributed by atoms with Crippen LogP contribution in [0.25, 0.3) is 0 Å². The van der Waals surface area contributed by atoms with Crippen molar-refractivity contribution in [2.24, 2.45) is 11.7 Å². The Kier molecular flexibility index (Phi) is 5.78. The summed E-state index contributed by atoms with van der Waals surface area (Å²) >= 11 is 0. The van der Waals surface area contributed by atoms with E-state index < -0.39 is 5.97 Å². The van der Waals surface area contributed by atoms with Crippen molar-refractivity contribution in [1.29, 1.82) is 0 Å². The van der Waals surface area contributed by atoms with Gasteiger partial charge >= 0.3 is 5.97 Å². The molecule has 4 heteroatoms. The highest BCUT2D eigenvalue weighted by molar-refractivity contribution is 5.70. The molecule has 1 fully saturated rings. The second kappa shape index (κ2) is 6.12. The number of carbonyl (C=O) groups is 1. The van der Waals surface area contributed by atoms with Crippen molar-refractivity contribution in [3.05, 3.63) is 0 Å². The lowest BCUT2D eigenvalue weighted by Crippen LogP contribution is -2.34. The molecule has 1 atom stereocenters. The average Bonchev–Trinajstić information content (AvgIpc) is 2.10. The number of hydrogen-bond donors (Lipinski definition) is 3. The molecular weight excluding hydrogens is 144 g/mol. The van der Waals surface area contributed by atoms with Crippen molar-refractivity contribution in [3.63, 3.8) is 0 Å². The summed E-state index contributed by atoms with van der Waals surface area (Å²) in [5.74, 6) is -0.805. The zero-order valence-corrected chi connectivity index (χ0v) is 6.84. The molecule has 0 unspecified atom stereocenters. The van der Waals surface area contributed by atoms with Crippen LogP contribution in [0.5, 0.6) is 0 Å². The van der Waals surface area contributed by atoms with E-state index in [9.17, 15) is 4.79 Å². The number of aliphatic carboxylic acids is 1. The summed E-state index contributed by atoms with van der Waals surface area (Å²) in [6.07, 6.45) is 1.83. The highest BCUT2D eigenvalue weighted by Gasteiger charge is 2.18. The fourth-order valence-corrected chi connectivity index (χ4v) is 1.06. The van der Waals surface area contributed by atoms with Crippen LogP contribution < -0.4 is 11.1 Å². The van der Waals surface area contributed by atoms with Crippen molar-refractivity contribution >= 4 is 5.97 Å². The van der Waals surface area contributed by atoms with Crippen LogP contribution >= 0.6 is 0 Å². The number of piperidine rings is 1. The Morgan fingerprint density at radius 2 is 2.27 bits per heavy atom. The van der Waals surface area contributed by atoms with E-state index in [1.54, 1.807) is 0 Å². The third-order valence-electron chi connectivity index (χ3n) is 1.65. The maximum absolute atomic E-state index is 10.3. The molecule has 0 aromatic rings. The smallest absolute Gasteiger partial charge is 0.307 e. The molecule has 0 saturated carbocycles. The van der Waals surface area contributed by atoms with Crippen LogP contribution in [0.15, 0.2) is 0 Å². The van der Waals surface area contributed by atoms with Gasteiger partial charge in [0, 0.05) is 6.54 Å². The fraction of sp³-hybridized carbons (Fsp3) is 0.857. The van der Waals surface area contributed by atoms with E-state index in [1.165, 1.54) is 7.05 Å². The minimum absolute atomic E-state index is 0.140. The third kappa shape index (κ3) is 3.95. The molecule has 0 bridgehead atoms. The van der Waals surface area contributed by atoms with E-state index >= 15 is 0 Å². The molecule has 1 heterocycles. The minimum atomic E-state index is -0.665. The van der Waals surface area contributed by atoms with Crippen molar-refractivity contribution in [3.8, 4) is 0 Å². The second-order valence-corrected chi connectivity index (χ2v) is 2.38. The minimum Gasteiger partial charge on any atom is -0.481 e. The maximum Gasteiger partial charge on any atom is 0.307 e. The normalized spacial score (nSPS) is 23.3. The molecule has 0 aromatic carbocycles. The summed E-state index contributed by atoms with van der Waals surface area (Å²) in [7, 11) is 1.50. The van der Waals surface area contributed by atoms with Crippen molar-refractivity contribution in [2.45, 2.75) is 12.8 Å². The van der Waals surface area contributed by atoms with E-state index in [0.717, 1.165) is 19.4 Å². The first-order valence-corrected chi connectivity index (χ1v) is 3.82. The van der Waals surface area contributed by atoms with Gasteiger partial charge in [-0.15, -0.1) is 0 Å². The largest absolute Gasteiger partial charge is 0.481 e. The number of nitrogens with two attached hydrogens (primary N) is 1. The average molecular weight is 160 g/mol. The third-order valence-corrected chi connectivity index (χ3v) is 1.65. The van der Waals surface area contributed by atoms with Crippen LogP contribution in [0.2, 0.25) is 0 Å². The van der Waals surface area contributed by atoms with Gasteiger partial charge < -0.3 is 16.2 Å². The molecule has 4 N–H and O–H groups in total. The van der Waals surface area contributed by atoms with E-state index in [0.29, 0.717) is 6.54 Å². The Morgan fingerprint density at radius 1 is 1.64 bits per heavy atom. The molecule has 1 aliphatic heterocycles. The molecule has 1 rings (SSSR count). The molecule has 1 saturated heterocycles. The number of carboxylic acids is 1. The Bertz CT molecular complexity index is 111. The van der Waals surface area contributed by atoms with Crippen LogP contribution in [-0.4, -0.2) is 31.2 Å². The molecular formula is C7H16N2O2. The highest BCUT2D eigenvalue weighted by Crippen LogP contribution is 2.08. The topological polar surface area (TPSA) is 75.4 Å². The molecule has 0 radical (unpaired) electrons. The van der Waals surface area contributed by atoms with Crippen molar-refractivity contribution in [1.82, 2.24) is 5.32 Å². The molecule has 0 spiro atoms. The summed E-state index contributed by atoms with van der Waals surface area (Å²) in [6, 6.07) is 0. The van der Waals surface area contributed by atoms with E-state index in [4.69, 9.17) is 5.11 Å². The van der Waals surface area contributed by atoms with Crippen LogP contribution in [0.3, 0.4) is 0 Å². The first kappa shape index (κ1) is 10.4. The Hall–Kier alpha value is -0.610. The molecule has 11 heavy (non-hydrogen) atoms. The predicted octanol–water partition coefficient (Wildman–Crippen LogP) is -0.355. The molecule has 0 aromatic heterocycles. The van der Waals surface area contributed by atoms with Gasteiger partial charge in [0.15, 0.2) is 0 Å². The SMILES string of the molecule is CN.O=C(O)[C@@H]1CCCNC1. The van der Waals surface area contributed by atoms with Gasteiger partial charge in [-0.05, 0) is 26.4 Å². The summed E-state index contributed by atoms with van der Waals surface area (Å²) < 4.78 is 0. The van der Waals surface area contributed by atoms with Gasteiger partial charge in [0.25, 0.3) is 0 Å². The quantitative estimate of drug-likeness (QED) is 0.490. The van der Waals surface area contributed by atoms with Gasteiger partial charge in [0.1, 0.15) is 0 Å². The number of hydrogen-bond acceptors (Lipinski definition) is 3. The van der Waals surface area contributed by atoms with E-state index in [2.05, 4.69) is 11.1 Å². The Labute approximate surface area is 66.8 Å². The van der Waals surface area contributed by atoms with Crippen molar-refractivity contribution in [2.75, 3.05) is 20.1 Å². The van der Waals surface area contributed by atoms with Gasteiger partial charge in [-0.1, -0.05) is 0 Å². The zero-order chi connectivity index (χ0) is 8.69. The molecule has 66 valence electrons. The van der Waals surface area contributed by atoms with Crippen LogP contribution in [0, 0.1) is 5.92 Å². The van der Waals surface area contributed by atoms with Gasteiger partial charge in [-0.2, -0.15) is 0 Å². The molecule has 0 aliphatic carbocycles. The Morgan fingerprint density at radius 3 is 2.55 bits per heavy atom. The van der Waals surface area contributed by atoms with Gasteiger partial charge in [-0.3, -0.25) is 4.79 Å². The number of rotatable bonds is 1. The first-order valence-electron chi connectivity index (χ1n) is 3.82. The van der Waals surface area contributed by atoms with Crippen molar-refractivity contribution < 1.29 is 9.90 Å². The second-order valence-electron chi connectivity index (χ2n) is 2.38. The molecule has 1 aliphatic rings. The van der Waals surface area contributed by atoms with Gasteiger partial charge in [0.2, 0.25) is 0 Å². The van der Waals surface area contributed by atoms with E-state index in [-0.39, 0.29) is 5.92 Å². The zero-order valence-electron chi connectivity index (χ0n) is 6.84. The van der Waals surface area contributed by atoms with Crippen LogP contribution in [0.4, 0.5) is 0 Å². The lowest BCUT2D eigenvalue weighted by molar-refractivity contribution is -0.142. The summed E-state index contributed by atoms with van der Waals surface area (Å²) in [4.78, 5) is 10.3. The maximum atomic E-state index is 10.3. The van der Waals surface area contributed by atoms with Gasteiger partial charge in [-0.25, -0.2) is 0 Å². The van der Waals surface area contributed by atoms with Crippen LogP contribution in [0.1, 0.15) is 12.8 Å². The molecule has 0 amide bonds. The van der Waals surface area contributed by atoms with Crippen LogP contribution in [-0.2, 0) is 4.79 Å². The standard InChI is InChI=1S/C6H11NO2.CH5N/c8-6(9)5-2-1-3-7-4-5;1-2/h5,7H,1-4H2,(H,8,9);2H2,1H3/t5-;/m1./s1. The van der Waals surface area contributed by atoms with Gasteiger partial charge in [0.05, 0.1) is 5.92 Å². The summed E-state index contributed by atoms with van der Waals surface area (Å²) in [5, 5.41) is 11.5. The number of nitrogens with one attached hydrogen (secondary N) is 1. The highest BCUT2D eigenvalue weighted by atomic mass is 16.4. The summed E-state index contributed by atoms with van der Waals surface area (Å²) in [6.45, 7) is 1.62. The monoisotopic (exact) mass is 160 g/mol. The molecule has 4 nitrogen and oxygen atoms in total. The fourth-order valence-electron chi connectivity index (χ4n) is 1.06. The summed E-state index contributed by atoms with van der Waals surface area (Å²) in [5.41, 5.74) is 4.50. The van der Waals surface area contributed by atoms with E-state index in [1.807, 2.05) is 0 Å². The number of carboxylic acid groups (broad SMARTS) is 1. The lowest BCUT2D eigenvalue weighted by Gasteiger charge is -2.18. The Balaban J connectivity index is 0.000000461. The predicted molar refractivity (Wildman–Crippen MR) is 43.3 cm³/mol. The first-order chi connectivity index (χ1) is 5.30. The lowest BCUT2D eigenvalue weighted by atomic mass is 10.0.